The zero-order valence-electron chi connectivity index (χ0n) is 9.66. The van der Waals surface area contributed by atoms with Crippen molar-refractivity contribution >= 4 is 12.3 Å². The first kappa shape index (κ1) is 11.9. The molecule has 0 fully saturated rings. The van der Waals surface area contributed by atoms with Crippen molar-refractivity contribution in [1.82, 2.24) is 9.97 Å². The van der Waals surface area contributed by atoms with E-state index in [1.807, 2.05) is 0 Å². The lowest BCUT2D eigenvalue weighted by molar-refractivity contribution is 0.0600. The fraction of sp³-hybridized carbons (Fsp3) is 0.0769. The van der Waals surface area contributed by atoms with Gasteiger partial charge in [-0.1, -0.05) is 0 Å². The molecule has 2 heterocycles. The van der Waals surface area contributed by atoms with E-state index in [1.165, 1.54) is 19.5 Å². The smallest absolute Gasteiger partial charge is 0.337 e. The van der Waals surface area contributed by atoms with Gasteiger partial charge in [0.25, 0.3) is 0 Å². The monoisotopic (exact) mass is 242 g/mol. The first-order valence-corrected chi connectivity index (χ1v) is 5.19. The fourth-order valence-electron chi connectivity index (χ4n) is 1.50. The van der Waals surface area contributed by atoms with E-state index in [0.29, 0.717) is 28.7 Å². The van der Waals surface area contributed by atoms with Crippen LogP contribution in [0.4, 0.5) is 0 Å². The molecule has 2 aromatic rings. The van der Waals surface area contributed by atoms with Crippen molar-refractivity contribution in [3.05, 3.63) is 47.9 Å². The highest BCUT2D eigenvalue weighted by atomic mass is 16.5. The molecule has 0 amide bonds. The Kier molecular flexibility index (Phi) is 3.43. The van der Waals surface area contributed by atoms with Crippen molar-refractivity contribution in [2.45, 2.75) is 0 Å². The highest BCUT2D eigenvalue weighted by Crippen LogP contribution is 2.17. The largest absolute Gasteiger partial charge is 0.465 e. The fourth-order valence-corrected chi connectivity index (χ4v) is 1.50. The van der Waals surface area contributed by atoms with Crippen LogP contribution in [0.5, 0.6) is 0 Å². The van der Waals surface area contributed by atoms with Crippen LogP contribution < -0.4 is 0 Å². The van der Waals surface area contributed by atoms with E-state index in [0.717, 1.165) is 0 Å². The number of aromatic nitrogens is 2. The Balaban J connectivity index is 2.44. The molecule has 2 aromatic heterocycles. The van der Waals surface area contributed by atoms with Crippen LogP contribution in [0.3, 0.4) is 0 Å². The number of hydrogen-bond donors (Lipinski definition) is 0. The topological polar surface area (TPSA) is 69.2 Å². The zero-order chi connectivity index (χ0) is 13.0. The number of aldehydes is 1. The number of hydrogen-bond acceptors (Lipinski definition) is 5. The molecule has 0 unspecified atom stereocenters. The van der Waals surface area contributed by atoms with Crippen LogP contribution in [0, 0.1) is 0 Å². The van der Waals surface area contributed by atoms with Crippen LogP contribution in [0.15, 0.2) is 36.8 Å². The standard InChI is InChI=1S/C13H10N2O3/c1-18-13(17)10-2-3-15-12(5-10)11-4-9(8-16)6-14-7-11/h2-8H,1H3. The first-order chi connectivity index (χ1) is 8.74. The molecule has 90 valence electrons. The van der Waals surface area contributed by atoms with Gasteiger partial charge in [-0.15, -0.1) is 0 Å². The minimum atomic E-state index is -0.432. The number of ether oxygens (including phenoxy) is 1. The van der Waals surface area contributed by atoms with Gasteiger partial charge in [0.15, 0.2) is 6.29 Å². The van der Waals surface area contributed by atoms with E-state index < -0.39 is 5.97 Å². The lowest BCUT2D eigenvalue weighted by atomic mass is 10.1. The molecule has 0 saturated heterocycles. The molecule has 0 spiro atoms. The molecular formula is C13H10N2O3. The average molecular weight is 242 g/mol. The van der Waals surface area contributed by atoms with Crippen LogP contribution in [0.25, 0.3) is 11.3 Å². The van der Waals surface area contributed by atoms with E-state index in [1.54, 1.807) is 24.4 Å². The Labute approximate surface area is 103 Å². The van der Waals surface area contributed by atoms with Gasteiger partial charge in [0, 0.05) is 29.7 Å². The van der Waals surface area contributed by atoms with E-state index >= 15 is 0 Å². The highest BCUT2D eigenvalue weighted by molar-refractivity contribution is 5.90. The molecule has 5 heteroatoms. The van der Waals surface area contributed by atoms with E-state index in [4.69, 9.17) is 0 Å². The summed E-state index contributed by atoms with van der Waals surface area (Å²) in [6.45, 7) is 0. The molecular weight excluding hydrogens is 232 g/mol. The van der Waals surface area contributed by atoms with Crippen molar-refractivity contribution in [3.8, 4) is 11.3 Å². The molecule has 2 rings (SSSR count). The molecule has 0 radical (unpaired) electrons. The molecule has 0 aromatic carbocycles. The van der Waals surface area contributed by atoms with Gasteiger partial charge in [-0.3, -0.25) is 14.8 Å². The van der Waals surface area contributed by atoms with Gasteiger partial charge >= 0.3 is 5.97 Å². The predicted molar refractivity (Wildman–Crippen MR) is 64.2 cm³/mol. The second-order valence-corrected chi connectivity index (χ2v) is 3.55. The van der Waals surface area contributed by atoms with Crippen molar-refractivity contribution in [3.63, 3.8) is 0 Å². The quantitative estimate of drug-likeness (QED) is 0.605. The molecule has 18 heavy (non-hydrogen) atoms. The van der Waals surface area contributed by atoms with Gasteiger partial charge in [0.2, 0.25) is 0 Å². The molecule has 5 nitrogen and oxygen atoms in total. The van der Waals surface area contributed by atoms with E-state index in [9.17, 15) is 9.59 Å². The summed E-state index contributed by atoms with van der Waals surface area (Å²) in [6, 6.07) is 4.81. The molecule has 0 bridgehead atoms. The summed E-state index contributed by atoms with van der Waals surface area (Å²) in [6.07, 6.45) is 5.26. The molecule has 0 atom stereocenters. The van der Waals surface area contributed by atoms with Gasteiger partial charge in [0.05, 0.1) is 18.4 Å². The molecule has 0 aliphatic carbocycles. The normalized spacial score (nSPS) is 9.83. The molecule has 0 aliphatic rings. The van der Waals surface area contributed by atoms with Crippen LogP contribution in [-0.2, 0) is 4.74 Å². The number of methoxy groups -OCH3 is 1. The van der Waals surface area contributed by atoms with Gasteiger partial charge in [-0.2, -0.15) is 0 Å². The summed E-state index contributed by atoms with van der Waals surface area (Å²) in [5.41, 5.74) is 2.09. The Morgan fingerprint density at radius 1 is 1.33 bits per heavy atom. The highest BCUT2D eigenvalue weighted by Gasteiger charge is 2.08. The Bertz CT molecular complexity index is 596. The Hall–Kier alpha value is -2.56. The van der Waals surface area contributed by atoms with Gasteiger partial charge < -0.3 is 4.74 Å². The number of carbonyl (C=O) groups is 2. The third-order valence-corrected chi connectivity index (χ3v) is 2.37. The van der Waals surface area contributed by atoms with Crippen molar-refractivity contribution < 1.29 is 14.3 Å². The maximum Gasteiger partial charge on any atom is 0.337 e. The Morgan fingerprint density at radius 2 is 2.17 bits per heavy atom. The van der Waals surface area contributed by atoms with Gasteiger partial charge in [0.1, 0.15) is 0 Å². The first-order valence-electron chi connectivity index (χ1n) is 5.19. The van der Waals surface area contributed by atoms with Crippen molar-refractivity contribution in [2.75, 3.05) is 7.11 Å². The summed E-state index contributed by atoms with van der Waals surface area (Å²) < 4.78 is 4.63. The SMILES string of the molecule is COC(=O)c1ccnc(-c2cncc(C=O)c2)c1. The number of esters is 1. The Morgan fingerprint density at radius 3 is 2.89 bits per heavy atom. The van der Waals surface area contributed by atoms with Crippen LogP contribution in [0.2, 0.25) is 0 Å². The molecule has 0 N–H and O–H groups in total. The van der Waals surface area contributed by atoms with Crippen LogP contribution in [-0.4, -0.2) is 29.3 Å². The lowest BCUT2D eigenvalue weighted by Gasteiger charge is -2.03. The number of rotatable bonds is 3. The number of carbonyl (C=O) groups excluding carboxylic acids is 2. The summed E-state index contributed by atoms with van der Waals surface area (Å²) in [5, 5.41) is 0. The van der Waals surface area contributed by atoms with Crippen LogP contribution >= 0.6 is 0 Å². The minimum Gasteiger partial charge on any atom is -0.465 e. The second-order valence-electron chi connectivity index (χ2n) is 3.55. The predicted octanol–water partition coefficient (Wildman–Crippen LogP) is 1.74. The lowest BCUT2D eigenvalue weighted by Crippen LogP contribution is -2.01. The van der Waals surface area contributed by atoms with Gasteiger partial charge in [-0.25, -0.2) is 4.79 Å². The third-order valence-electron chi connectivity index (χ3n) is 2.37. The summed E-state index contributed by atoms with van der Waals surface area (Å²) >= 11 is 0. The maximum atomic E-state index is 11.4. The van der Waals surface area contributed by atoms with E-state index in [-0.39, 0.29) is 0 Å². The number of nitrogens with zero attached hydrogens (tertiary/aromatic N) is 2. The summed E-state index contributed by atoms with van der Waals surface area (Å²) in [7, 11) is 1.32. The van der Waals surface area contributed by atoms with Gasteiger partial charge in [-0.05, 0) is 18.2 Å². The third kappa shape index (κ3) is 2.40. The summed E-state index contributed by atoms with van der Waals surface area (Å²) in [5.74, 6) is -0.432. The zero-order valence-corrected chi connectivity index (χ0v) is 9.66. The maximum absolute atomic E-state index is 11.4. The molecule has 0 aliphatic heterocycles. The minimum absolute atomic E-state index is 0.402. The second kappa shape index (κ2) is 5.18. The average Bonchev–Trinajstić information content (AvgIpc) is 2.46. The van der Waals surface area contributed by atoms with Crippen molar-refractivity contribution in [1.29, 1.82) is 0 Å². The van der Waals surface area contributed by atoms with E-state index in [2.05, 4.69) is 14.7 Å². The summed E-state index contributed by atoms with van der Waals surface area (Å²) in [4.78, 5) is 30.2. The molecule has 0 saturated carbocycles. The number of pyridine rings is 2. The van der Waals surface area contributed by atoms with Crippen LogP contribution in [0.1, 0.15) is 20.7 Å². The van der Waals surface area contributed by atoms with Crippen molar-refractivity contribution in [2.24, 2.45) is 0 Å².